The van der Waals surface area contributed by atoms with Gasteiger partial charge in [-0.3, -0.25) is 4.79 Å². The first kappa shape index (κ1) is 24.2. The minimum atomic E-state index is -4.69. The molecule has 2 aromatic heterocycles. The smallest absolute Gasteiger partial charge is 0.415 e. The average Bonchev–Trinajstić information content (AvgIpc) is 3.55. The highest BCUT2D eigenvalue weighted by Gasteiger charge is 2.36. The maximum absolute atomic E-state index is 13.6. The summed E-state index contributed by atoms with van der Waals surface area (Å²) in [4.78, 5) is 11.8. The van der Waals surface area contributed by atoms with Crippen LogP contribution in [0, 0.1) is 0 Å². The van der Waals surface area contributed by atoms with Crippen LogP contribution < -0.4 is 11.1 Å². The Morgan fingerprint density at radius 1 is 1.00 bits per heavy atom. The van der Waals surface area contributed by atoms with Gasteiger partial charge in [-0.1, -0.05) is 42.5 Å². The second kappa shape index (κ2) is 9.51. The van der Waals surface area contributed by atoms with E-state index in [4.69, 9.17) is 10.2 Å². The van der Waals surface area contributed by atoms with Gasteiger partial charge in [0.15, 0.2) is 5.69 Å². The molecule has 0 saturated heterocycles. The summed E-state index contributed by atoms with van der Waals surface area (Å²) < 4.78 is 47.7. The third kappa shape index (κ3) is 5.07. The number of nitrogens with two attached hydrogens (primary N) is 1. The zero-order valence-corrected chi connectivity index (χ0v) is 19.5. The Bertz CT molecular complexity index is 1590. The molecular formula is C26H21F3N6O2. The first-order valence-corrected chi connectivity index (χ1v) is 11.3. The number of carbonyl (C=O) groups excluding carboxylic acids is 1. The molecule has 0 unspecified atom stereocenters. The van der Waals surface area contributed by atoms with Crippen LogP contribution in [0.3, 0.4) is 0 Å². The number of carbonyl (C=O) groups is 1. The fourth-order valence-electron chi connectivity index (χ4n) is 3.78. The topological polar surface area (TPSA) is 112 Å². The van der Waals surface area contributed by atoms with Crippen LogP contribution in [0.2, 0.25) is 0 Å². The summed E-state index contributed by atoms with van der Waals surface area (Å²) in [6.07, 6.45) is -4.69. The number of nitrogens with zero attached hydrogens (tertiary/aromatic N) is 4. The van der Waals surface area contributed by atoms with Crippen molar-refractivity contribution < 1.29 is 22.4 Å². The zero-order chi connectivity index (χ0) is 26.2. The van der Waals surface area contributed by atoms with Crippen molar-refractivity contribution in [2.24, 2.45) is 5.73 Å². The van der Waals surface area contributed by atoms with E-state index >= 15 is 0 Å². The fourth-order valence-corrected chi connectivity index (χ4v) is 3.78. The number of aromatic nitrogens is 4. The average molecular weight is 506 g/mol. The molecule has 0 fully saturated rings. The molecular weight excluding hydrogens is 485 g/mol. The van der Waals surface area contributed by atoms with Crippen LogP contribution in [0.4, 0.5) is 13.2 Å². The molecule has 0 radical (unpaired) electrons. The molecule has 0 aliphatic heterocycles. The normalized spacial score (nSPS) is 12.6. The first-order chi connectivity index (χ1) is 17.7. The molecule has 0 spiro atoms. The third-order valence-corrected chi connectivity index (χ3v) is 5.68. The fraction of sp³-hybridized carbons (Fsp3) is 0.154. The number of hydrogen-bond donors (Lipinski definition) is 2. The molecule has 1 amide bonds. The Hall–Kier alpha value is -4.51. The maximum atomic E-state index is 13.6. The molecule has 37 heavy (non-hydrogen) atoms. The van der Waals surface area contributed by atoms with E-state index in [1.807, 2.05) is 36.4 Å². The number of benzene rings is 3. The van der Waals surface area contributed by atoms with E-state index in [9.17, 15) is 18.0 Å². The lowest BCUT2D eigenvalue weighted by Crippen LogP contribution is -2.37. The Morgan fingerprint density at radius 2 is 1.76 bits per heavy atom. The largest absolute Gasteiger partial charge is 0.435 e. The van der Waals surface area contributed by atoms with Gasteiger partial charge in [0.25, 0.3) is 5.89 Å². The third-order valence-electron chi connectivity index (χ3n) is 5.68. The van der Waals surface area contributed by atoms with E-state index in [2.05, 4.69) is 20.6 Å². The van der Waals surface area contributed by atoms with Gasteiger partial charge in [-0.15, -0.1) is 10.2 Å². The van der Waals surface area contributed by atoms with Crippen molar-refractivity contribution in [1.82, 2.24) is 25.3 Å². The predicted octanol–water partition coefficient (Wildman–Crippen LogP) is 4.72. The first-order valence-electron chi connectivity index (χ1n) is 11.3. The second-order valence-electron chi connectivity index (χ2n) is 8.48. The van der Waals surface area contributed by atoms with Crippen molar-refractivity contribution in [3.8, 4) is 28.7 Å². The van der Waals surface area contributed by atoms with E-state index in [1.165, 1.54) is 0 Å². The van der Waals surface area contributed by atoms with Crippen LogP contribution in [-0.2, 0) is 17.5 Å². The summed E-state index contributed by atoms with van der Waals surface area (Å²) in [5.41, 5.74) is 6.03. The van der Waals surface area contributed by atoms with Gasteiger partial charge < -0.3 is 15.5 Å². The highest BCUT2D eigenvalue weighted by Crippen LogP contribution is 2.34. The predicted molar refractivity (Wildman–Crippen MR) is 130 cm³/mol. The van der Waals surface area contributed by atoms with Gasteiger partial charge in [0.1, 0.15) is 5.69 Å². The molecule has 188 valence electrons. The number of nitrogens with one attached hydrogen (secondary N) is 1. The Balaban J connectivity index is 1.52. The van der Waals surface area contributed by atoms with E-state index in [-0.39, 0.29) is 29.9 Å². The summed E-state index contributed by atoms with van der Waals surface area (Å²) in [6.45, 7) is 1.70. The van der Waals surface area contributed by atoms with E-state index in [0.29, 0.717) is 16.8 Å². The lowest BCUT2D eigenvalue weighted by atomic mass is 10.1. The van der Waals surface area contributed by atoms with Crippen molar-refractivity contribution in [1.29, 1.82) is 0 Å². The van der Waals surface area contributed by atoms with Crippen molar-refractivity contribution in [2.45, 2.75) is 25.7 Å². The van der Waals surface area contributed by atoms with Crippen LogP contribution in [0.25, 0.3) is 39.5 Å². The molecule has 0 aliphatic rings. The summed E-state index contributed by atoms with van der Waals surface area (Å²) in [7, 11) is 0. The van der Waals surface area contributed by atoms with E-state index < -0.39 is 17.9 Å². The monoisotopic (exact) mass is 506 g/mol. The number of halogens is 3. The number of rotatable bonds is 6. The summed E-state index contributed by atoms with van der Waals surface area (Å²) in [5.74, 6) is -0.312. The van der Waals surface area contributed by atoms with E-state index in [1.54, 1.807) is 37.3 Å². The molecule has 1 atom stereocenters. The van der Waals surface area contributed by atoms with Gasteiger partial charge >= 0.3 is 6.18 Å². The van der Waals surface area contributed by atoms with Crippen molar-refractivity contribution in [3.05, 3.63) is 84.1 Å². The van der Waals surface area contributed by atoms with Gasteiger partial charge in [0.2, 0.25) is 11.8 Å². The second-order valence-corrected chi connectivity index (χ2v) is 8.48. The number of alkyl halides is 3. The quantitative estimate of drug-likeness (QED) is 0.345. The Labute approximate surface area is 208 Å². The Kier molecular flexibility index (Phi) is 6.22. The van der Waals surface area contributed by atoms with Gasteiger partial charge in [-0.05, 0) is 47.5 Å². The summed E-state index contributed by atoms with van der Waals surface area (Å²) >= 11 is 0. The van der Waals surface area contributed by atoms with Crippen molar-refractivity contribution in [2.75, 3.05) is 0 Å². The highest BCUT2D eigenvalue weighted by molar-refractivity contribution is 5.86. The molecule has 0 aliphatic carbocycles. The van der Waals surface area contributed by atoms with Crippen molar-refractivity contribution in [3.63, 3.8) is 0 Å². The number of fused-ring (bicyclic) bond motifs is 1. The van der Waals surface area contributed by atoms with Gasteiger partial charge in [0.05, 0.1) is 11.7 Å². The molecule has 5 aromatic rings. The van der Waals surface area contributed by atoms with Crippen LogP contribution in [0.15, 0.2) is 77.2 Å². The zero-order valence-electron chi connectivity index (χ0n) is 19.5. The number of amides is 1. The molecule has 5 rings (SSSR count). The number of hydrogen-bond acceptors (Lipinski definition) is 6. The molecule has 0 saturated carbocycles. The standard InChI is InChI=1S/C26H21F3N6O2/c1-15(30)23(36)31-14-16-5-4-8-20(11-16)35-21(13-22(34-35)26(27,28)29)25-33-32-24(37-25)19-10-9-17-6-2-3-7-18(17)12-19/h2-13,15H,14,30H2,1H3,(H,31,36)/t15-/m0/s1. The van der Waals surface area contributed by atoms with E-state index in [0.717, 1.165) is 21.5 Å². The van der Waals surface area contributed by atoms with Crippen LogP contribution in [0.1, 0.15) is 18.2 Å². The molecule has 2 heterocycles. The van der Waals surface area contributed by atoms with Crippen LogP contribution >= 0.6 is 0 Å². The van der Waals surface area contributed by atoms with Crippen LogP contribution in [0.5, 0.6) is 0 Å². The van der Waals surface area contributed by atoms with Gasteiger partial charge in [-0.2, -0.15) is 18.3 Å². The van der Waals surface area contributed by atoms with Crippen molar-refractivity contribution >= 4 is 16.7 Å². The molecule has 0 bridgehead atoms. The Morgan fingerprint density at radius 3 is 2.51 bits per heavy atom. The molecule has 3 aromatic carbocycles. The summed E-state index contributed by atoms with van der Waals surface area (Å²) in [6, 6.07) is 20.0. The van der Waals surface area contributed by atoms with Gasteiger partial charge in [-0.25, -0.2) is 4.68 Å². The molecule has 11 heteroatoms. The maximum Gasteiger partial charge on any atom is 0.435 e. The lowest BCUT2D eigenvalue weighted by molar-refractivity contribution is -0.141. The van der Waals surface area contributed by atoms with Gasteiger partial charge in [0, 0.05) is 18.2 Å². The highest BCUT2D eigenvalue weighted by atomic mass is 19.4. The lowest BCUT2D eigenvalue weighted by Gasteiger charge is -2.10. The molecule has 8 nitrogen and oxygen atoms in total. The van der Waals surface area contributed by atoms with Crippen LogP contribution in [-0.4, -0.2) is 31.9 Å². The minimum absolute atomic E-state index is 0.0244. The molecule has 3 N–H and O–H groups in total. The minimum Gasteiger partial charge on any atom is -0.415 e. The summed E-state index contributed by atoms with van der Waals surface area (Å²) in [5, 5.41) is 16.5. The SMILES string of the molecule is C[C@H](N)C(=O)NCc1cccc(-n2nc(C(F)(F)F)cc2-c2nnc(-c3ccc4ccccc4c3)o2)c1.